The molecule has 0 aromatic rings. The van der Waals surface area contributed by atoms with E-state index in [-0.39, 0.29) is 13.3 Å². The molecule has 1 rings (SSSR count). The zero-order valence-electron chi connectivity index (χ0n) is 7.89. The standard InChI is InChI=1S/C3H7NO3.C3H6O3P/c5-2-4-1-3(6)7;1-3(2)5-7(4)6-3/h4-5H,1-2H2,(H,6,7);1-2H3/q;+1. The number of aliphatic hydroxyl groups excluding tert-OH is 1. The number of hydrogen-bond acceptors (Lipinski definition) is 6. The summed E-state index contributed by atoms with van der Waals surface area (Å²) in [4.78, 5) is 9.58. The van der Waals surface area contributed by atoms with Crippen molar-refractivity contribution in [1.82, 2.24) is 5.32 Å². The number of carbonyl (C=O) groups is 1. The molecular weight excluding hydrogens is 213 g/mol. The normalized spacial score (nSPS) is 17.8. The van der Waals surface area contributed by atoms with E-state index in [1.807, 2.05) is 0 Å². The summed E-state index contributed by atoms with van der Waals surface area (Å²) >= 11 is 0. The summed E-state index contributed by atoms with van der Waals surface area (Å²) in [6, 6.07) is 0. The Labute approximate surface area is 82.0 Å². The summed E-state index contributed by atoms with van der Waals surface area (Å²) in [7, 11) is -1.76. The Morgan fingerprint density at radius 3 is 2.07 bits per heavy atom. The second-order valence-corrected chi connectivity index (χ2v) is 3.60. The Morgan fingerprint density at radius 2 is 2.00 bits per heavy atom. The minimum absolute atomic E-state index is 0.184. The number of rotatable bonds is 3. The summed E-state index contributed by atoms with van der Waals surface area (Å²) in [6.45, 7) is 2.95. The third-order valence-corrected chi connectivity index (χ3v) is 2.15. The van der Waals surface area contributed by atoms with Gasteiger partial charge in [0.15, 0.2) is 0 Å². The molecule has 0 spiro atoms. The quantitative estimate of drug-likeness (QED) is 0.460. The average Bonchev–Trinajstić information content (AvgIpc) is 1.98. The van der Waals surface area contributed by atoms with Gasteiger partial charge in [-0.1, -0.05) is 9.05 Å². The lowest BCUT2D eigenvalue weighted by atomic mass is 10.4. The second-order valence-electron chi connectivity index (χ2n) is 2.78. The molecule has 3 N–H and O–H groups in total. The van der Waals surface area contributed by atoms with Crippen LogP contribution in [0, 0.1) is 0 Å². The maximum Gasteiger partial charge on any atom is 0.703 e. The molecule has 8 heteroatoms. The van der Waals surface area contributed by atoms with E-state index in [4.69, 9.17) is 10.2 Å². The highest BCUT2D eigenvalue weighted by atomic mass is 31.1. The average molecular weight is 226 g/mol. The summed E-state index contributed by atoms with van der Waals surface area (Å²) in [5.41, 5.74) is 0. The number of nitrogens with one attached hydrogen (secondary N) is 1. The third kappa shape index (κ3) is 6.88. The van der Waals surface area contributed by atoms with Crippen LogP contribution in [0.25, 0.3) is 0 Å². The zero-order valence-corrected chi connectivity index (χ0v) is 8.78. The molecule has 82 valence electrons. The molecule has 0 amide bonds. The number of hydrogen-bond donors (Lipinski definition) is 3. The topological polar surface area (TPSA) is 105 Å². The molecule has 0 aromatic carbocycles. The van der Waals surface area contributed by atoms with E-state index in [0.717, 1.165) is 0 Å². The lowest BCUT2D eigenvalue weighted by molar-refractivity contribution is -0.157. The minimum atomic E-state index is -1.76. The van der Waals surface area contributed by atoms with Crippen molar-refractivity contribution in [1.29, 1.82) is 0 Å². The summed E-state index contributed by atoms with van der Waals surface area (Å²) in [6.07, 6.45) is 0. The zero-order chi connectivity index (χ0) is 11.2. The Hall–Kier alpha value is -0.590. The van der Waals surface area contributed by atoms with Gasteiger partial charge in [0.25, 0.3) is 5.79 Å². The SMILES string of the molecule is CC1(C)O[P+](=O)O1.O=C(O)CNCO. The van der Waals surface area contributed by atoms with Gasteiger partial charge in [0, 0.05) is 4.57 Å². The highest BCUT2D eigenvalue weighted by molar-refractivity contribution is 7.34. The minimum Gasteiger partial charge on any atom is -0.480 e. The van der Waals surface area contributed by atoms with Crippen molar-refractivity contribution in [3.8, 4) is 0 Å². The summed E-state index contributed by atoms with van der Waals surface area (Å²) in [5, 5.41) is 18.0. The van der Waals surface area contributed by atoms with Gasteiger partial charge in [-0.25, -0.2) is 0 Å². The third-order valence-electron chi connectivity index (χ3n) is 0.977. The largest absolute Gasteiger partial charge is 0.703 e. The number of aliphatic carboxylic acids is 1. The van der Waals surface area contributed by atoms with E-state index in [0.29, 0.717) is 0 Å². The van der Waals surface area contributed by atoms with Crippen LogP contribution in [0.3, 0.4) is 0 Å². The van der Waals surface area contributed by atoms with Crippen LogP contribution in [0.2, 0.25) is 0 Å². The van der Waals surface area contributed by atoms with E-state index >= 15 is 0 Å². The van der Waals surface area contributed by atoms with Crippen LogP contribution < -0.4 is 5.32 Å². The van der Waals surface area contributed by atoms with Crippen molar-refractivity contribution in [3.63, 3.8) is 0 Å². The first-order valence-corrected chi connectivity index (χ1v) is 4.86. The Bertz CT molecular complexity index is 208. The van der Waals surface area contributed by atoms with Crippen molar-refractivity contribution in [2.45, 2.75) is 19.6 Å². The number of carboxylic acids is 1. The highest BCUT2D eigenvalue weighted by Gasteiger charge is 2.53. The van der Waals surface area contributed by atoms with Gasteiger partial charge < -0.3 is 10.2 Å². The van der Waals surface area contributed by atoms with Crippen molar-refractivity contribution >= 4 is 14.2 Å². The smallest absolute Gasteiger partial charge is 0.480 e. The molecule has 1 aliphatic rings. The first-order valence-electron chi connectivity index (χ1n) is 3.76. The lowest BCUT2D eigenvalue weighted by Crippen LogP contribution is -2.30. The summed E-state index contributed by atoms with van der Waals surface area (Å²) < 4.78 is 19.2. The van der Waals surface area contributed by atoms with Gasteiger partial charge in [-0.15, -0.1) is 0 Å². The fourth-order valence-electron chi connectivity index (χ4n) is 0.529. The molecule has 0 saturated carbocycles. The van der Waals surface area contributed by atoms with Gasteiger partial charge in [0.05, 0.1) is 13.3 Å². The van der Waals surface area contributed by atoms with Gasteiger partial charge in [-0.3, -0.25) is 10.1 Å². The number of carboxylic acid groups (broad SMARTS) is 1. The monoisotopic (exact) mass is 226 g/mol. The van der Waals surface area contributed by atoms with Crippen LogP contribution >= 0.6 is 8.25 Å². The molecule has 1 heterocycles. The molecule has 0 atom stereocenters. The fourth-order valence-corrected chi connectivity index (χ4v) is 1.26. The van der Waals surface area contributed by atoms with Gasteiger partial charge in [0.2, 0.25) is 0 Å². The Balaban J connectivity index is 0.000000241. The molecule has 14 heavy (non-hydrogen) atoms. The van der Waals surface area contributed by atoms with E-state index < -0.39 is 20.0 Å². The number of aliphatic hydroxyl groups is 1. The Kier molecular flexibility index (Phi) is 5.75. The highest BCUT2D eigenvalue weighted by Crippen LogP contribution is 2.46. The van der Waals surface area contributed by atoms with Gasteiger partial charge in [-0.2, -0.15) is 0 Å². The first-order chi connectivity index (χ1) is 6.37. The van der Waals surface area contributed by atoms with Crippen molar-refractivity contribution in [2.75, 3.05) is 13.3 Å². The van der Waals surface area contributed by atoms with Gasteiger partial charge in [-0.05, 0) is 13.8 Å². The Morgan fingerprint density at radius 1 is 1.50 bits per heavy atom. The van der Waals surface area contributed by atoms with Crippen LogP contribution in [-0.2, 0) is 18.4 Å². The molecular formula is C6H13NO6P+. The predicted octanol–water partition coefficient (Wildman–Crippen LogP) is 0.0371. The van der Waals surface area contributed by atoms with E-state index in [9.17, 15) is 9.36 Å². The molecule has 1 aliphatic heterocycles. The van der Waals surface area contributed by atoms with Crippen LogP contribution in [0.5, 0.6) is 0 Å². The molecule has 0 unspecified atom stereocenters. The molecule has 1 saturated heterocycles. The molecule has 0 bridgehead atoms. The predicted molar refractivity (Wildman–Crippen MR) is 46.6 cm³/mol. The fraction of sp³-hybridized carbons (Fsp3) is 0.833. The van der Waals surface area contributed by atoms with Crippen molar-refractivity contribution < 1.29 is 28.6 Å². The van der Waals surface area contributed by atoms with Crippen LogP contribution in [0.4, 0.5) is 0 Å². The molecule has 1 fully saturated rings. The molecule has 0 radical (unpaired) electrons. The van der Waals surface area contributed by atoms with Crippen LogP contribution in [0.15, 0.2) is 0 Å². The van der Waals surface area contributed by atoms with E-state index in [2.05, 4.69) is 14.4 Å². The maximum absolute atomic E-state index is 10.0. The van der Waals surface area contributed by atoms with Crippen LogP contribution in [-0.4, -0.2) is 35.2 Å². The maximum atomic E-state index is 10.0. The first kappa shape index (κ1) is 13.4. The molecule has 0 aliphatic carbocycles. The summed E-state index contributed by atoms with van der Waals surface area (Å²) in [5.74, 6) is -1.55. The van der Waals surface area contributed by atoms with E-state index in [1.165, 1.54) is 0 Å². The second kappa shape index (κ2) is 6.00. The van der Waals surface area contributed by atoms with Crippen LogP contribution in [0.1, 0.15) is 13.8 Å². The van der Waals surface area contributed by atoms with Crippen molar-refractivity contribution in [3.05, 3.63) is 0 Å². The molecule has 0 aromatic heterocycles. The van der Waals surface area contributed by atoms with E-state index in [1.54, 1.807) is 13.8 Å². The lowest BCUT2D eigenvalue weighted by Gasteiger charge is -2.16. The van der Waals surface area contributed by atoms with Crippen molar-refractivity contribution in [2.24, 2.45) is 0 Å². The van der Waals surface area contributed by atoms with Gasteiger partial charge in [0.1, 0.15) is 0 Å². The van der Waals surface area contributed by atoms with Gasteiger partial charge >= 0.3 is 14.2 Å². The molecule has 7 nitrogen and oxygen atoms in total.